The highest BCUT2D eigenvalue weighted by Gasteiger charge is 2.17. The molecule has 43 heavy (non-hydrogen) atoms. The van der Waals surface area contributed by atoms with Gasteiger partial charge in [0.25, 0.3) is 0 Å². The van der Waals surface area contributed by atoms with Crippen molar-refractivity contribution in [2.75, 3.05) is 26.0 Å². The van der Waals surface area contributed by atoms with E-state index in [1.165, 1.54) is 5.56 Å². The Morgan fingerprint density at radius 1 is 1.14 bits per heavy atom. The van der Waals surface area contributed by atoms with Crippen molar-refractivity contribution in [2.24, 2.45) is 12.0 Å². The summed E-state index contributed by atoms with van der Waals surface area (Å²) < 4.78 is 10.0. The van der Waals surface area contributed by atoms with E-state index in [9.17, 15) is 4.79 Å². The lowest BCUT2D eigenvalue weighted by Crippen LogP contribution is -2.16. The zero-order valence-corrected chi connectivity index (χ0v) is 26.7. The van der Waals surface area contributed by atoms with Gasteiger partial charge < -0.3 is 19.5 Å². The summed E-state index contributed by atoms with van der Waals surface area (Å²) in [5, 5.41) is 7.89. The first-order valence-corrected chi connectivity index (χ1v) is 14.7. The van der Waals surface area contributed by atoms with Crippen molar-refractivity contribution in [3.05, 3.63) is 96.2 Å². The quantitative estimate of drug-likeness (QED) is 0.192. The Hall–Kier alpha value is -4.50. The van der Waals surface area contributed by atoms with Gasteiger partial charge in [-0.05, 0) is 101 Å². The summed E-state index contributed by atoms with van der Waals surface area (Å²) in [5.74, 6) is 2.93. The second-order valence-electron chi connectivity index (χ2n) is 10.6. The van der Waals surface area contributed by atoms with Gasteiger partial charge in [0.1, 0.15) is 28.8 Å². The van der Waals surface area contributed by atoms with E-state index in [2.05, 4.69) is 46.4 Å². The van der Waals surface area contributed by atoms with Gasteiger partial charge in [-0.2, -0.15) is 5.10 Å². The van der Waals surface area contributed by atoms with Crippen molar-refractivity contribution in [1.29, 1.82) is 0 Å². The molecule has 4 aromatic rings. The lowest BCUT2D eigenvalue weighted by Gasteiger charge is -2.15. The number of carbonyl (C=O) groups is 1. The van der Waals surface area contributed by atoms with E-state index in [1.54, 1.807) is 25.5 Å². The molecule has 0 bridgehead atoms. The maximum Gasteiger partial charge on any atom is 0.158 e. The van der Waals surface area contributed by atoms with E-state index in [4.69, 9.17) is 4.74 Å². The van der Waals surface area contributed by atoms with Gasteiger partial charge in [0.15, 0.2) is 11.6 Å². The van der Waals surface area contributed by atoms with Crippen LogP contribution in [-0.4, -0.2) is 50.5 Å². The number of pyridine rings is 1. The van der Waals surface area contributed by atoms with Crippen LogP contribution in [0.2, 0.25) is 0 Å². The topological polar surface area (TPSA) is 89.0 Å². The Morgan fingerprint density at radius 2 is 1.91 bits per heavy atom. The second-order valence-corrected chi connectivity index (χ2v) is 10.6. The molecule has 0 spiro atoms. The molecule has 0 saturated carbocycles. The lowest BCUT2D eigenvalue weighted by molar-refractivity contribution is -0.112. The molecular formula is C34H45N7O2. The molecule has 0 aliphatic carbocycles. The normalized spacial score (nSPS) is 12.0. The van der Waals surface area contributed by atoms with Crippen LogP contribution in [0.4, 0.5) is 11.5 Å². The molecule has 0 aliphatic heterocycles. The first kappa shape index (κ1) is 33.0. The number of aromatic nitrogens is 4. The number of ether oxygens (including phenoxy) is 1. The van der Waals surface area contributed by atoms with Crippen LogP contribution in [0, 0.1) is 6.92 Å². The average Bonchev–Trinajstić information content (AvgIpc) is 3.40. The molecule has 0 fully saturated rings. The van der Waals surface area contributed by atoms with Crippen LogP contribution in [0.1, 0.15) is 57.6 Å². The number of fused-ring (bicyclic) bond motifs is 1. The molecule has 9 heteroatoms. The summed E-state index contributed by atoms with van der Waals surface area (Å²) in [4.78, 5) is 21.3. The minimum Gasteiger partial charge on any atom is -0.457 e. The Labute approximate surface area is 255 Å². The highest BCUT2D eigenvalue weighted by molar-refractivity contribution is 5.87. The van der Waals surface area contributed by atoms with Crippen molar-refractivity contribution in [1.82, 2.24) is 24.1 Å². The molecule has 4 rings (SSSR count). The van der Waals surface area contributed by atoms with E-state index in [0.717, 1.165) is 59.0 Å². The molecule has 0 aliphatic rings. The van der Waals surface area contributed by atoms with Crippen molar-refractivity contribution < 1.29 is 9.53 Å². The zero-order chi connectivity index (χ0) is 31.4. The lowest BCUT2D eigenvalue weighted by atomic mass is 9.95. The number of hydrogen-bond donors (Lipinski definition) is 1. The molecule has 0 unspecified atom stereocenters. The van der Waals surface area contributed by atoms with Crippen molar-refractivity contribution in [3.63, 3.8) is 0 Å². The molecule has 0 atom stereocenters. The van der Waals surface area contributed by atoms with Gasteiger partial charge in [-0.15, -0.1) is 0 Å². The van der Waals surface area contributed by atoms with Gasteiger partial charge in [0.2, 0.25) is 0 Å². The van der Waals surface area contributed by atoms with E-state index in [-0.39, 0.29) is 5.78 Å². The first-order valence-electron chi connectivity index (χ1n) is 14.7. The maximum absolute atomic E-state index is 10.3. The van der Waals surface area contributed by atoms with E-state index in [0.29, 0.717) is 5.92 Å². The van der Waals surface area contributed by atoms with Crippen molar-refractivity contribution in [3.8, 4) is 11.5 Å². The van der Waals surface area contributed by atoms with Gasteiger partial charge in [-0.1, -0.05) is 26.0 Å². The third kappa shape index (κ3) is 9.51. The number of likely N-dealkylation sites (N-methyl/N-ethyl adjacent to an activating group) is 1. The predicted molar refractivity (Wildman–Crippen MR) is 175 cm³/mol. The van der Waals surface area contributed by atoms with Crippen LogP contribution in [0.5, 0.6) is 11.5 Å². The molecule has 0 radical (unpaired) electrons. The van der Waals surface area contributed by atoms with Crippen LogP contribution in [0.15, 0.2) is 84.5 Å². The van der Waals surface area contributed by atoms with E-state index < -0.39 is 0 Å². The molecule has 1 N–H and O–H groups in total. The summed E-state index contributed by atoms with van der Waals surface area (Å²) in [7, 11) is 5.89. The number of carbonyl (C=O) groups excluding carboxylic acids is 1. The third-order valence-corrected chi connectivity index (χ3v) is 6.85. The number of hydrogen-bond acceptors (Lipinski definition) is 7. The van der Waals surface area contributed by atoms with E-state index >= 15 is 0 Å². The summed E-state index contributed by atoms with van der Waals surface area (Å²) >= 11 is 0. The highest BCUT2D eigenvalue weighted by atomic mass is 16.5. The van der Waals surface area contributed by atoms with Gasteiger partial charge in [0.05, 0.1) is 0 Å². The molecule has 1 aromatic carbocycles. The summed E-state index contributed by atoms with van der Waals surface area (Å²) in [6.45, 7) is 10.8. The average molecular weight is 584 g/mol. The standard InChI is InChI=1S/C27H32N6O.C7H13NO/c1-6-13-28-25-17-22(11-14-32(25)5)34-24-10-9-21(16-19(24)4)31-27-26-23(20(7-2)8-3)12-15-33(26)30-18-29-27;1-7(9)5-4-6-8(2)3/h6,9-18,20H,7-8H2,1-5H3,(H,29,30,31);4-5H,6H2,1-3H3/b13-6-,28-25?;5-4+. The first-order chi connectivity index (χ1) is 20.7. The minimum absolute atomic E-state index is 0.108. The molecule has 0 amide bonds. The van der Waals surface area contributed by atoms with Gasteiger partial charge in [-0.3, -0.25) is 4.79 Å². The minimum atomic E-state index is 0.108. The number of rotatable bonds is 11. The van der Waals surface area contributed by atoms with Crippen molar-refractivity contribution >= 4 is 22.8 Å². The predicted octanol–water partition coefficient (Wildman–Crippen LogP) is 6.94. The van der Waals surface area contributed by atoms with Gasteiger partial charge in [-0.25, -0.2) is 14.5 Å². The fourth-order valence-corrected chi connectivity index (χ4v) is 4.54. The van der Waals surface area contributed by atoms with Crippen LogP contribution in [-0.2, 0) is 11.8 Å². The zero-order valence-electron chi connectivity index (χ0n) is 26.7. The molecule has 3 aromatic heterocycles. The van der Waals surface area contributed by atoms with E-state index in [1.807, 2.05) is 97.8 Å². The Kier molecular flexibility index (Phi) is 12.5. The number of benzene rings is 1. The molecular weight excluding hydrogens is 538 g/mol. The number of anilines is 2. The fourth-order valence-electron chi connectivity index (χ4n) is 4.54. The summed E-state index contributed by atoms with van der Waals surface area (Å²) in [6, 6.07) is 12.1. The number of aryl methyl sites for hydroxylation is 2. The second kappa shape index (κ2) is 16.2. The Morgan fingerprint density at radius 3 is 2.56 bits per heavy atom. The van der Waals surface area contributed by atoms with Crippen LogP contribution in [0.25, 0.3) is 5.52 Å². The van der Waals surface area contributed by atoms with Gasteiger partial charge >= 0.3 is 0 Å². The molecule has 9 nitrogen and oxygen atoms in total. The van der Waals surface area contributed by atoms with Crippen LogP contribution < -0.4 is 15.5 Å². The maximum atomic E-state index is 10.3. The number of nitrogens with zero attached hydrogens (tertiary/aromatic N) is 6. The molecule has 228 valence electrons. The third-order valence-electron chi connectivity index (χ3n) is 6.85. The number of allylic oxidation sites excluding steroid dienone is 2. The molecule has 0 saturated heterocycles. The van der Waals surface area contributed by atoms with Crippen LogP contribution >= 0.6 is 0 Å². The SMILES string of the molecule is C/C=C\N=c1cc(Oc2ccc(Nc3ncnn4ccc(C(CC)CC)c34)cc2C)ccn1C.CC(=O)/C=C/CN(C)C. The molecule has 3 heterocycles. The fraction of sp³-hybridized carbons (Fsp3) is 0.353. The highest BCUT2D eigenvalue weighted by Crippen LogP contribution is 2.33. The van der Waals surface area contributed by atoms with Crippen molar-refractivity contribution in [2.45, 2.75) is 53.4 Å². The Balaban J connectivity index is 0.000000489. The monoisotopic (exact) mass is 583 g/mol. The van der Waals surface area contributed by atoms with Crippen LogP contribution in [0.3, 0.4) is 0 Å². The smallest absolute Gasteiger partial charge is 0.158 e. The van der Waals surface area contributed by atoms with Gasteiger partial charge in [0, 0.05) is 43.9 Å². The summed E-state index contributed by atoms with van der Waals surface area (Å²) in [6.07, 6.45) is 14.8. The number of ketones is 1. The number of nitrogens with one attached hydrogen (secondary N) is 1. The summed E-state index contributed by atoms with van der Waals surface area (Å²) in [5.41, 5.74) is 5.10. The Bertz CT molecular complexity index is 1630. The largest absolute Gasteiger partial charge is 0.457 e.